The van der Waals surface area contributed by atoms with E-state index in [1.54, 1.807) is 6.07 Å². The predicted octanol–water partition coefficient (Wildman–Crippen LogP) is 0.406. The maximum atomic E-state index is 12.2. The molecular formula is C12H16N4O4S. The summed E-state index contributed by atoms with van der Waals surface area (Å²) in [5.41, 5.74) is 6.24. The molecule has 114 valence electrons. The van der Waals surface area contributed by atoms with E-state index < -0.39 is 10.0 Å². The van der Waals surface area contributed by atoms with Crippen molar-refractivity contribution in [2.24, 2.45) is 5.73 Å². The second-order valence-electron chi connectivity index (χ2n) is 4.08. The molecule has 3 N–H and O–H groups in total. The van der Waals surface area contributed by atoms with E-state index in [0.717, 1.165) is 6.39 Å². The molecule has 0 radical (unpaired) electrons. The number of nitrogens with one attached hydrogen (secondary N) is 1. The zero-order valence-corrected chi connectivity index (χ0v) is 12.3. The van der Waals surface area contributed by atoms with Gasteiger partial charge in [-0.25, -0.2) is 13.1 Å². The number of nitrogens with two attached hydrogens (primary N) is 1. The second-order valence-corrected chi connectivity index (χ2v) is 5.85. The third kappa shape index (κ3) is 3.78. The normalized spacial score (nSPS) is 11.5. The van der Waals surface area contributed by atoms with Gasteiger partial charge >= 0.3 is 0 Å². The molecule has 0 aliphatic carbocycles. The van der Waals surface area contributed by atoms with Crippen LogP contribution >= 0.6 is 0 Å². The van der Waals surface area contributed by atoms with Gasteiger partial charge in [-0.1, -0.05) is 5.16 Å². The van der Waals surface area contributed by atoms with Crippen LogP contribution in [0.5, 0.6) is 5.75 Å². The van der Waals surface area contributed by atoms with Crippen molar-refractivity contribution >= 4 is 10.0 Å². The summed E-state index contributed by atoms with van der Waals surface area (Å²) in [4.78, 5) is 3.85. The highest BCUT2D eigenvalue weighted by Crippen LogP contribution is 2.22. The molecule has 1 aromatic heterocycles. The van der Waals surface area contributed by atoms with E-state index in [4.69, 9.17) is 10.5 Å². The van der Waals surface area contributed by atoms with Crippen LogP contribution in [-0.2, 0) is 23.1 Å². The molecule has 2 aromatic rings. The molecule has 0 bridgehead atoms. The number of rotatable bonds is 7. The lowest BCUT2D eigenvalue weighted by molar-refractivity contribution is 0.336. The highest BCUT2D eigenvalue weighted by Gasteiger charge is 2.17. The highest BCUT2D eigenvalue weighted by molar-refractivity contribution is 7.89. The van der Waals surface area contributed by atoms with Crippen LogP contribution in [0.25, 0.3) is 0 Å². The Kier molecular flexibility index (Phi) is 4.89. The lowest BCUT2D eigenvalue weighted by Gasteiger charge is -2.11. The third-order valence-electron chi connectivity index (χ3n) is 2.69. The Bertz CT molecular complexity index is 685. The second kappa shape index (κ2) is 6.66. The quantitative estimate of drug-likeness (QED) is 0.759. The fourth-order valence-electron chi connectivity index (χ4n) is 1.69. The summed E-state index contributed by atoms with van der Waals surface area (Å²) >= 11 is 0. The van der Waals surface area contributed by atoms with Gasteiger partial charge in [0.2, 0.25) is 16.4 Å². The zero-order valence-electron chi connectivity index (χ0n) is 11.4. The van der Waals surface area contributed by atoms with Gasteiger partial charge in [-0.3, -0.25) is 0 Å². The first-order valence-electron chi connectivity index (χ1n) is 6.27. The van der Waals surface area contributed by atoms with E-state index in [-0.39, 0.29) is 23.8 Å². The molecule has 0 aliphatic rings. The van der Waals surface area contributed by atoms with E-state index in [1.165, 1.54) is 12.1 Å². The van der Waals surface area contributed by atoms with E-state index in [0.29, 0.717) is 17.9 Å². The SMILES string of the molecule is CCOc1ccc(S(=O)(=O)NCc2ncon2)cc1CN. The zero-order chi connectivity index (χ0) is 15.3. The summed E-state index contributed by atoms with van der Waals surface area (Å²) in [6.07, 6.45) is 1.13. The van der Waals surface area contributed by atoms with Crippen LogP contribution in [0.3, 0.4) is 0 Å². The third-order valence-corrected chi connectivity index (χ3v) is 4.09. The number of ether oxygens (including phenoxy) is 1. The van der Waals surface area contributed by atoms with Crippen molar-refractivity contribution in [1.29, 1.82) is 0 Å². The largest absolute Gasteiger partial charge is 0.494 e. The van der Waals surface area contributed by atoms with Gasteiger partial charge in [0.25, 0.3) is 0 Å². The van der Waals surface area contributed by atoms with Crippen LogP contribution < -0.4 is 15.2 Å². The van der Waals surface area contributed by atoms with Crippen LogP contribution in [0.4, 0.5) is 0 Å². The number of benzene rings is 1. The van der Waals surface area contributed by atoms with Gasteiger partial charge in [-0.2, -0.15) is 4.98 Å². The Morgan fingerprint density at radius 3 is 2.86 bits per heavy atom. The summed E-state index contributed by atoms with van der Waals surface area (Å²) in [6.45, 7) is 2.46. The first-order valence-corrected chi connectivity index (χ1v) is 7.76. The Morgan fingerprint density at radius 2 is 2.24 bits per heavy atom. The van der Waals surface area contributed by atoms with Crippen molar-refractivity contribution < 1.29 is 17.7 Å². The van der Waals surface area contributed by atoms with E-state index in [1.807, 2.05) is 6.92 Å². The summed E-state index contributed by atoms with van der Waals surface area (Å²) < 4.78 is 36.7. The molecule has 1 heterocycles. The van der Waals surface area contributed by atoms with Crippen LogP contribution in [0.15, 0.2) is 34.0 Å². The Labute approximate surface area is 122 Å². The number of sulfonamides is 1. The van der Waals surface area contributed by atoms with Crippen LogP contribution in [0.1, 0.15) is 18.3 Å². The topological polar surface area (TPSA) is 120 Å². The molecule has 2 rings (SSSR count). The van der Waals surface area contributed by atoms with Crippen molar-refractivity contribution in [2.75, 3.05) is 6.61 Å². The van der Waals surface area contributed by atoms with Crippen molar-refractivity contribution in [3.05, 3.63) is 36.0 Å². The summed E-state index contributed by atoms with van der Waals surface area (Å²) in [5, 5.41) is 3.53. The van der Waals surface area contributed by atoms with Gasteiger partial charge < -0.3 is 15.0 Å². The predicted molar refractivity (Wildman–Crippen MR) is 73.8 cm³/mol. The molecule has 0 fully saturated rings. The van der Waals surface area contributed by atoms with Gasteiger partial charge in [-0.05, 0) is 25.1 Å². The van der Waals surface area contributed by atoms with Crippen molar-refractivity contribution in [3.8, 4) is 5.75 Å². The molecule has 0 saturated carbocycles. The fraction of sp³-hybridized carbons (Fsp3) is 0.333. The van der Waals surface area contributed by atoms with Crippen LogP contribution in [0.2, 0.25) is 0 Å². The standard InChI is InChI=1S/C12H16N4O4S/c1-2-19-11-4-3-10(5-9(11)6-13)21(17,18)15-7-12-14-8-20-16-12/h3-5,8,15H,2,6-7,13H2,1H3. The van der Waals surface area contributed by atoms with Crippen molar-refractivity contribution in [2.45, 2.75) is 24.9 Å². The van der Waals surface area contributed by atoms with Gasteiger partial charge in [0.15, 0.2) is 5.82 Å². The van der Waals surface area contributed by atoms with Gasteiger partial charge in [0.05, 0.1) is 18.0 Å². The number of hydrogen-bond donors (Lipinski definition) is 2. The Hall–Kier alpha value is -1.97. The molecule has 0 saturated heterocycles. The molecular weight excluding hydrogens is 296 g/mol. The number of aromatic nitrogens is 2. The Balaban J connectivity index is 2.19. The molecule has 9 heteroatoms. The fourth-order valence-corrected chi connectivity index (χ4v) is 2.72. The average molecular weight is 312 g/mol. The van der Waals surface area contributed by atoms with Crippen LogP contribution in [-0.4, -0.2) is 25.2 Å². The first-order chi connectivity index (χ1) is 10.1. The first kappa shape index (κ1) is 15.4. The van der Waals surface area contributed by atoms with E-state index in [9.17, 15) is 8.42 Å². The summed E-state index contributed by atoms with van der Waals surface area (Å²) in [7, 11) is -3.68. The minimum absolute atomic E-state index is 0.0516. The van der Waals surface area contributed by atoms with E-state index >= 15 is 0 Å². The molecule has 21 heavy (non-hydrogen) atoms. The lowest BCUT2D eigenvalue weighted by Crippen LogP contribution is -2.24. The summed E-state index contributed by atoms with van der Waals surface area (Å²) in [5.74, 6) is 0.834. The van der Waals surface area contributed by atoms with Crippen LogP contribution in [0, 0.1) is 0 Å². The van der Waals surface area contributed by atoms with Gasteiger partial charge in [0, 0.05) is 12.1 Å². The minimum atomic E-state index is -3.68. The molecule has 1 aromatic carbocycles. The average Bonchev–Trinajstić information content (AvgIpc) is 2.99. The van der Waals surface area contributed by atoms with Crippen molar-refractivity contribution in [1.82, 2.24) is 14.9 Å². The van der Waals surface area contributed by atoms with Crippen molar-refractivity contribution in [3.63, 3.8) is 0 Å². The van der Waals surface area contributed by atoms with Gasteiger partial charge in [-0.15, -0.1) is 0 Å². The number of hydrogen-bond acceptors (Lipinski definition) is 7. The minimum Gasteiger partial charge on any atom is -0.494 e. The Morgan fingerprint density at radius 1 is 1.43 bits per heavy atom. The monoisotopic (exact) mass is 312 g/mol. The molecule has 0 unspecified atom stereocenters. The molecule has 0 aliphatic heterocycles. The maximum absolute atomic E-state index is 12.2. The maximum Gasteiger partial charge on any atom is 0.240 e. The number of nitrogens with zero attached hydrogens (tertiary/aromatic N) is 2. The van der Waals surface area contributed by atoms with Gasteiger partial charge in [0.1, 0.15) is 5.75 Å². The lowest BCUT2D eigenvalue weighted by atomic mass is 10.2. The molecule has 0 atom stereocenters. The molecule has 0 spiro atoms. The molecule has 8 nitrogen and oxygen atoms in total. The van der Waals surface area contributed by atoms with E-state index in [2.05, 4.69) is 19.4 Å². The highest BCUT2D eigenvalue weighted by atomic mass is 32.2. The smallest absolute Gasteiger partial charge is 0.240 e. The molecule has 0 amide bonds. The summed E-state index contributed by atoms with van der Waals surface area (Å²) in [6, 6.07) is 4.54.